The number of benzene rings is 1. The molecule has 0 bridgehead atoms. The highest BCUT2D eigenvalue weighted by atomic mass is 16.5. The average Bonchev–Trinajstić information content (AvgIpc) is 3.21. The third-order valence-corrected chi connectivity index (χ3v) is 4.19. The molecule has 1 aliphatic heterocycles. The van der Waals surface area contributed by atoms with Crippen LogP contribution in [0, 0.1) is 0 Å². The first kappa shape index (κ1) is 17.0. The number of aromatic nitrogens is 2. The summed E-state index contributed by atoms with van der Waals surface area (Å²) in [6, 6.07) is 7.27. The molecule has 1 aliphatic rings. The van der Waals surface area contributed by atoms with Crippen molar-refractivity contribution in [2.75, 3.05) is 25.1 Å². The predicted octanol–water partition coefficient (Wildman–Crippen LogP) is 1.58. The van der Waals surface area contributed by atoms with E-state index in [0.29, 0.717) is 18.7 Å². The number of rotatable bonds is 6. The van der Waals surface area contributed by atoms with Crippen molar-refractivity contribution in [1.82, 2.24) is 14.7 Å². The first-order valence-corrected chi connectivity index (χ1v) is 8.27. The highest BCUT2D eigenvalue weighted by molar-refractivity contribution is 5.95. The van der Waals surface area contributed by atoms with Gasteiger partial charge >= 0.3 is 0 Å². The summed E-state index contributed by atoms with van der Waals surface area (Å²) >= 11 is 0. The molecule has 2 amide bonds. The maximum absolute atomic E-state index is 12.2. The van der Waals surface area contributed by atoms with Gasteiger partial charge in [-0.3, -0.25) is 14.3 Å². The van der Waals surface area contributed by atoms with Gasteiger partial charge in [0.1, 0.15) is 5.75 Å². The van der Waals surface area contributed by atoms with Crippen molar-refractivity contribution >= 4 is 17.5 Å². The van der Waals surface area contributed by atoms with Crippen molar-refractivity contribution in [2.24, 2.45) is 7.05 Å². The van der Waals surface area contributed by atoms with Crippen molar-refractivity contribution in [3.05, 3.63) is 42.2 Å². The van der Waals surface area contributed by atoms with Gasteiger partial charge in [0.15, 0.2) is 6.61 Å². The summed E-state index contributed by atoms with van der Waals surface area (Å²) in [7, 11) is 3.58. The highest BCUT2D eigenvalue weighted by Gasteiger charge is 2.21. The lowest BCUT2D eigenvalue weighted by Gasteiger charge is -2.18. The van der Waals surface area contributed by atoms with Crippen molar-refractivity contribution in [3.63, 3.8) is 0 Å². The fourth-order valence-corrected chi connectivity index (χ4v) is 2.81. The van der Waals surface area contributed by atoms with Crippen LogP contribution in [0.5, 0.6) is 5.75 Å². The molecule has 3 rings (SSSR count). The minimum absolute atomic E-state index is 0.0290. The molecule has 2 heterocycles. The number of hydrogen-bond acceptors (Lipinski definition) is 4. The molecule has 1 saturated heterocycles. The van der Waals surface area contributed by atoms with E-state index in [-0.39, 0.29) is 18.4 Å². The van der Waals surface area contributed by atoms with Crippen molar-refractivity contribution in [1.29, 1.82) is 0 Å². The lowest BCUT2D eigenvalue weighted by Crippen LogP contribution is -2.30. The topological polar surface area (TPSA) is 67.7 Å². The lowest BCUT2D eigenvalue weighted by molar-refractivity contribution is -0.132. The van der Waals surface area contributed by atoms with Crippen LogP contribution < -0.4 is 9.64 Å². The van der Waals surface area contributed by atoms with Gasteiger partial charge < -0.3 is 14.5 Å². The van der Waals surface area contributed by atoms with Crippen LogP contribution in [0.25, 0.3) is 0 Å². The Morgan fingerprint density at radius 3 is 2.68 bits per heavy atom. The zero-order chi connectivity index (χ0) is 17.8. The molecule has 7 heteroatoms. The number of aryl methyl sites for hydroxylation is 1. The Kier molecular flexibility index (Phi) is 5.02. The van der Waals surface area contributed by atoms with Crippen LogP contribution in [-0.2, 0) is 23.2 Å². The molecule has 132 valence electrons. The molecule has 0 atom stereocenters. The molecule has 2 aromatic rings. The van der Waals surface area contributed by atoms with E-state index in [0.717, 1.165) is 24.2 Å². The molecule has 7 nitrogen and oxygen atoms in total. The van der Waals surface area contributed by atoms with Gasteiger partial charge in [-0.05, 0) is 30.7 Å². The summed E-state index contributed by atoms with van der Waals surface area (Å²) in [5.74, 6) is 0.655. The number of hydrogen-bond donors (Lipinski definition) is 0. The Labute approximate surface area is 146 Å². The van der Waals surface area contributed by atoms with E-state index >= 15 is 0 Å². The van der Waals surface area contributed by atoms with Gasteiger partial charge in [0.2, 0.25) is 5.91 Å². The van der Waals surface area contributed by atoms with E-state index in [1.807, 2.05) is 25.4 Å². The third-order valence-electron chi connectivity index (χ3n) is 4.19. The molecule has 1 aromatic carbocycles. The fraction of sp³-hybridized carbons (Fsp3) is 0.389. The molecule has 25 heavy (non-hydrogen) atoms. The normalized spacial score (nSPS) is 14.0. The zero-order valence-corrected chi connectivity index (χ0v) is 14.5. The Bertz CT molecular complexity index is 754. The zero-order valence-electron chi connectivity index (χ0n) is 14.5. The van der Waals surface area contributed by atoms with E-state index in [4.69, 9.17) is 4.74 Å². The molecule has 0 aliphatic carbocycles. The minimum Gasteiger partial charge on any atom is -0.484 e. The molecule has 1 fully saturated rings. The molecule has 0 saturated carbocycles. The average molecular weight is 342 g/mol. The second kappa shape index (κ2) is 7.38. The molecular weight excluding hydrogens is 320 g/mol. The van der Waals surface area contributed by atoms with Gasteiger partial charge in [-0.15, -0.1) is 0 Å². The second-order valence-electron chi connectivity index (χ2n) is 6.20. The van der Waals surface area contributed by atoms with E-state index in [1.54, 1.807) is 39.9 Å². The largest absolute Gasteiger partial charge is 0.484 e. The minimum atomic E-state index is -0.109. The third kappa shape index (κ3) is 4.17. The number of likely N-dealkylation sites (N-methyl/N-ethyl adjacent to an activating group) is 1. The van der Waals surface area contributed by atoms with Crippen molar-refractivity contribution < 1.29 is 14.3 Å². The Morgan fingerprint density at radius 2 is 2.08 bits per heavy atom. The van der Waals surface area contributed by atoms with Crippen LogP contribution in [0.3, 0.4) is 0 Å². The van der Waals surface area contributed by atoms with Crippen molar-refractivity contribution in [2.45, 2.75) is 19.4 Å². The maximum atomic E-state index is 12.2. The molecule has 0 radical (unpaired) electrons. The first-order valence-electron chi connectivity index (χ1n) is 8.27. The van der Waals surface area contributed by atoms with Crippen LogP contribution >= 0.6 is 0 Å². The van der Waals surface area contributed by atoms with Crippen LogP contribution in [-0.4, -0.2) is 46.7 Å². The Hall–Kier alpha value is -2.83. The maximum Gasteiger partial charge on any atom is 0.260 e. The van der Waals surface area contributed by atoms with Crippen molar-refractivity contribution in [3.8, 4) is 5.75 Å². The molecular formula is C18H22N4O3. The summed E-state index contributed by atoms with van der Waals surface area (Å²) < 4.78 is 7.27. The van der Waals surface area contributed by atoms with Crippen LogP contribution in [0.15, 0.2) is 36.7 Å². The molecule has 1 aromatic heterocycles. The number of carbonyl (C=O) groups excluding carboxylic acids is 2. The molecule has 0 spiro atoms. The Morgan fingerprint density at radius 1 is 1.32 bits per heavy atom. The summed E-state index contributed by atoms with van der Waals surface area (Å²) in [5.41, 5.74) is 1.84. The molecule has 0 N–H and O–H groups in total. The van der Waals surface area contributed by atoms with Gasteiger partial charge in [-0.2, -0.15) is 5.10 Å². The van der Waals surface area contributed by atoms with Gasteiger partial charge in [-0.25, -0.2) is 0 Å². The number of nitrogens with zero attached hydrogens (tertiary/aromatic N) is 4. The summed E-state index contributed by atoms with van der Waals surface area (Å²) in [5, 5.41) is 4.09. The van der Waals surface area contributed by atoms with Crippen LogP contribution in [0.1, 0.15) is 18.4 Å². The lowest BCUT2D eigenvalue weighted by atomic mass is 10.3. The fourth-order valence-electron chi connectivity index (χ4n) is 2.81. The van der Waals surface area contributed by atoms with Gasteiger partial charge in [0.25, 0.3) is 5.91 Å². The first-order chi connectivity index (χ1) is 12.0. The van der Waals surface area contributed by atoms with Gasteiger partial charge in [0, 0.05) is 51.1 Å². The predicted molar refractivity (Wildman–Crippen MR) is 93.2 cm³/mol. The smallest absolute Gasteiger partial charge is 0.260 e. The monoisotopic (exact) mass is 342 g/mol. The van der Waals surface area contributed by atoms with Crippen LogP contribution in [0.4, 0.5) is 5.69 Å². The number of anilines is 1. The van der Waals surface area contributed by atoms with Crippen LogP contribution in [0.2, 0.25) is 0 Å². The number of carbonyl (C=O) groups is 2. The van der Waals surface area contributed by atoms with E-state index < -0.39 is 0 Å². The molecule has 0 unspecified atom stereocenters. The quantitative estimate of drug-likeness (QED) is 0.799. The van der Waals surface area contributed by atoms with Gasteiger partial charge in [-0.1, -0.05) is 0 Å². The number of ether oxygens (including phenoxy) is 1. The van der Waals surface area contributed by atoms with E-state index in [9.17, 15) is 9.59 Å². The second-order valence-corrected chi connectivity index (χ2v) is 6.20. The summed E-state index contributed by atoms with van der Waals surface area (Å²) in [6.07, 6.45) is 5.12. The number of amides is 2. The Balaban J connectivity index is 1.50. The van der Waals surface area contributed by atoms with E-state index in [1.165, 1.54) is 0 Å². The van der Waals surface area contributed by atoms with E-state index in [2.05, 4.69) is 5.10 Å². The summed E-state index contributed by atoms with van der Waals surface area (Å²) in [4.78, 5) is 27.3. The summed E-state index contributed by atoms with van der Waals surface area (Å²) in [6.45, 7) is 1.22. The SMILES string of the molecule is CN(Cc1cnn(C)c1)C(=O)COc1ccc(N2CCCC2=O)cc1. The highest BCUT2D eigenvalue weighted by Crippen LogP contribution is 2.23. The standard InChI is InChI=1S/C18H22N4O3/c1-20(11-14-10-19-21(2)12-14)18(24)13-25-16-7-5-15(6-8-16)22-9-3-4-17(22)23/h5-8,10,12H,3-4,9,11,13H2,1-2H3. The van der Waals surface area contributed by atoms with Gasteiger partial charge in [0.05, 0.1) is 6.20 Å².